The van der Waals surface area contributed by atoms with Crippen molar-refractivity contribution in [3.8, 4) is 5.88 Å². The molecule has 2 N–H and O–H groups in total. The molecule has 0 spiro atoms. The van der Waals surface area contributed by atoms with Crippen molar-refractivity contribution in [2.24, 2.45) is 0 Å². The molecule has 1 fully saturated rings. The second-order valence-corrected chi connectivity index (χ2v) is 11.8. The first-order valence-corrected chi connectivity index (χ1v) is 15.2. The van der Waals surface area contributed by atoms with Crippen LogP contribution in [0.3, 0.4) is 0 Å². The number of alkyl halides is 3. The van der Waals surface area contributed by atoms with Crippen LogP contribution < -0.4 is 10.1 Å². The lowest BCUT2D eigenvalue weighted by atomic mass is 9.82. The summed E-state index contributed by atoms with van der Waals surface area (Å²) in [6.07, 6.45) is 4.16. The van der Waals surface area contributed by atoms with Crippen molar-refractivity contribution in [2.75, 3.05) is 27.2 Å². The number of allylic oxidation sites excluding steroid dienone is 1. The van der Waals surface area contributed by atoms with Crippen molar-refractivity contribution in [2.45, 2.75) is 50.2 Å². The van der Waals surface area contributed by atoms with Crippen LogP contribution in [0.5, 0.6) is 5.88 Å². The smallest absolute Gasteiger partial charge is 0.393 e. The molecule has 1 amide bonds. The van der Waals surface area contributed by atoms with Gasteiger partial charge in [0.1, 0.15) is 6.61 Å². The molecule has 242 valence electrons. The number of pyridine rings is 1. The molecular weight excluding hydrogens is 598 g/mol. The molecule has 0 atom stereocenters. The lowest BCUT2D eigenvalue weighted by Gasteiger charge is -2.37. The van der Waals surface area contributed by atoms with Gasteiger partial charge in [-0.15, -0.1) is 5.10 Å². The van der Waals surface area contributed by atoms with Crippen molar-refractivity contribution in [3.63, 3.8) is 0 Å². The summed E-state index contributed by atoms with van der Waals surface area (Å²) < 4.78 is 62.8. The summed E-state index contributed by atoms with van der Waals surface area (Å²) in [6, 6.07) is 16.5. The van der Waals surface area contributed by atoms with Gasteiger partial charge in [0.2, 0.25) is 17.7 Å². The third-order valence-corrected chi connectivity index (χ3v) is 8.23. The van der Waals surface area contributed by atoms with Gasteiger partial charge in [-0.25, -0.2) is 4.98 Å². The Kier molecular flexibility index (Phi) is 10.2. The van der Waals surface area contributed by atoms with Gasteiger partial charge in [-0.05, 0) is 53.3 Å². The first kappa shape index (κ1) is 32.9. The van der Waals surface area contributed by atoms with Crippen LogP contribution in [0.25, 0.3) is 22.0 Å². The highest BCUT2D eigenvalue weighted by atomic mass is 19.4. The van der Waals surface area contributed by atoms with Crippen LogP contribution in [0.1, 0.15) is 55.2 Å². The topological polar surface area (TPSA) is 83.1 Å². The maximum absolute atomic E-state index is 14.5. The predicted molar refractivity (Wildman–Crippen MR) is 170 cm³/mol. The number of carbonyl (C=O) groups excluding carboxylic acids is 1. The van der Waals surface area contributed by atoms with Gasteiger partial charge in [0, 0.05) is 44.5 Å². The summed E-state index contributed by atoms with van der Waals surface area (Å²) in [5, 5.41) is 9.93. The fourth-order valence-corrected chi connectivity index (χ4v) is 5.84. The van der Waals surface area contributed by atoms with E-state index in [2.05, 4.69) is 20.5 Å². The van der Waals surface area contributed by atoms with Crippen molar-refractivity contribution in [1.29, 1.82) is 0 Å². The van der Waals surface area contributed by atoms with Gasteiger partial charge in [-0.3, -0.25) is 9.89 Å². The Labute approximate surface area is 265 Å². The number of nitrogens with one attached hydrogen (secondary N) is 2. The Bertz CT molecular complexity index is 1690. The van der Waals surface area contributed by atoms with Crippen LogP contribution in [-0.4, -0.2) is 65.0 Å². The molecule has 46 heavy (non-hydrogen) atoms. The summed E-state index contributed by atoms with van der Waals surface area (Å²) in [5.41, 5.74) is 1.69. The monoisotopic (exact) mass is 635 g/mol. The number of rotatable bonds is 11. The Morgan fingerprint density at radius 2 is 1.76 bits per heavy atom. The first-order valence-electron chi connectivity index (χ1n) is 15.2. The van der Waals surface area contributed by atoms with Crippen LogP contribution in [0, 0.1) is 5.95 Å². The molecule has 0 unspecified atom stereocenters. The highest BCUT2D eigenvalue weighted by Gasteiger charge is 2.33. The molecule has 7 nitrogen and oxygen atoms in total. The lowest BCUT2D eigenvalue weighted by Crippen LogP contribution is -2.51. The second-order valence-electron chi connectivity index (χ2n) is 11.8. The number of halogens is 4. The average Bonchev–Trinajstić information content (AvgIpc) is 3.42. The average molecular weight is 636 g/mol. The minimum Gasteiger partial charge on any atom is -0.476 e. The molecule has 4 aromatic rings. The largest absolute Gasteiger partial charge is 0.476 e. The minimum atomic E-state index is -4.51. The molecule has 11 heteroatoms. The minimum absolute atomic E-state index is 0.0398. The van der Waals surface area contributed by atoms with Gasteiger partial charge in [-0.2, -0.15) is 17.6 Å². The van der Waals surface area contributed by atoms with E-state index in [0.717, 1.165) is 32.1 Å². The van der Waals surface area contributed by atoms with Crippen LogP contribution in [0.2, 0.25) is 0 Å². The Morgan fingerprint density at radius 3 is 2.43 bits per heavy atom. The van der Waals surface area contributed by atoms with Gasteiger partial charge in [-0.1, -0.05) is 61.7 Å². The number of H-pyrrole nitrogens is 1. The van der Waals surface area contributed by atoms with Gasteiger partial charge in [0.05, 0.1) is 22.9 Å². The van der Waals surface area contributed by atoms with E-state index in [1.54, 1.807) is 74.8 Å². The predicted octanol–water partition coefficient (Wildman–Crippen LogP) is 7.32. The van der Waals surface area contributed by atoms with E-state index in [-0.39, 0.29) is 28.0 Å². The molecule has 0 saturated heterocycles. The number of benzene rings is 2. The molecule has 1 saturated carbocycles. The highest BCUT2D eigenvalue weighted by molar-refractivity contribution is 6.00. The van der Waals surface area contributed by atoms with Crippen LogP contribution in [-0.2, 0) is 4.79 Å². The number of ether oxygens (including phenoxy) is 1. The van der Waals surface area contributed by atoms with Gasteiger partial charge < -0.3 is 15.0 Å². The zero-order chi connectivity index (χ0) is 32.7. The highest BCUT2D eigenvalue weighted by Crippen LogP contribution is 2.40. The molecule has 0 radical (unpaired) electrons. The molecule has 2 aromatic carbocycles. The summed E-state index contributed by atoms with van der Waals surface area (Å²) in [6.45, 7) is 0.851. The number of aromatic amines is 1. The molecule has 1 aliphatic rings. The Hall–Kier alpha value is -4.51. The van der Waals surface area contributed by atoms with Crippen LogP contribution >= 0.6 is 0 Å². The number of hydrogen-bond acceptors (Lipinski definition) is 5. The summed E-state index contributed by atoms with van der Waals surface area (Å²) in [4.78, 5) is 17.9. The molecule has 0 bridgehead atoms. The third kappa shape index (κ3) is 8.20. The maximum atomic E-state index is 14.5. The van der Waals surface area contributed by atoms with Gasteiger partial charge >= 0.3 is 6.18 Å². The zero-order valence-electron chi connectivity index (χ0n) is 25.8. The summed E-state index contributed by atoms with van der Waals surface area (Å²) >= 11 is 0. The fourth-order valence-electron chi connectivity index (χ4n) is 5.84. The van der Waals surface area contributed by atoms with Crippen LogP contribution in [0.4, 0.5) is 17.6 Å². The van der Waals surface area contributed by atoms with Crippen molar-refractivity contribution in [1.82, 2.24) is 25.4 Å². The molecule has 2 heterocycles. The molecular formula is C35H37F4N5O2. The van der Waals surface area contributed by atoms with Crippen molar-refractivity contribution in [3.05, 3.63) is 102 Å². The van der Waals surface area contributed by atoms with Crippen molar-refractivity contribution < 1.29 is 27.1 Å². The Balaban J connectivity index is 1.46. The number of fused-ring (bicyclic) bond motifs is 1. The standard InChI is InChI=1S/C35H37F4N5O2/c1-44(2)31(45)12-9-19-41-34(17-7-4-8-18-34)23-46-30-16-14-26(22-40-30)32(25-13-15-29-27(20-25)33(36)43-42-29)28(21-35(37,38)39)24-10-5-3-6-11-24/h3,5-6,9-16,20,22,41H,4,7-8,17-19,21,23H2,1-2H3,(H,42,43)/b12-9+,32-28-. The number of hydrogen-bond donors (Lipinski definition) is 2. The van der Waals surface area contributed by atoms with E-state index in [1.807, 2.05) is 0 Å². The summed E-state index contributed by atoms with van der Waals surface area (Å²) in [7, 11) is 3.40. The van der Waals surface area contributed by atoms with Gasteiger partial charge in [0.25, 0.3) is 0 Å². The van der Waals surface area contributed by atoms with Crippen molar-refractivity contribution >= 4 is 28.0 Å². The fraction of sp³-hybridized carbons (Fsp3) is 0.343. The van der Waals surface area contributed by atoms with E-state index >= 15 is 0 Å². The number of amides is 1. The van der Waals surface area contributed by atoms with E-state index in [4.69, 9.17) is 4.74 Å². The molecule has 0 aliphatic heterocycles. The number of aromatic nitrogens is 3. The maximum Gasteiger partial charge on any atom is 0.393 e. The number of carbonyl (C=O) groups is 1. The Morgan fingerprint density at radius 1 is 1.02 bits per heavy atom. The number of likely N-dealkylation sites (N-methyl/N-ethyl adjacent to an activating group) is 1. The SMILES string of the molecule is CN(C)C(=O)/C=C/CNC1(COc2ccc(/C(=C(/CC(F)(F)F)c3ccccc3)c3ccc4[nH]nc(F)c4c3)cn2)CCCCC1. The molecule has 2 aromatic heterocycles. The zero-order valence-corrected chi connectivity index (χ0v) is 25.8. The number of nitrogens with zero attached hydrogens (tertiary/aromatic N) is 3. The molecule has 5 rings (SSSR count). The van der Waals surface area contributed by atoms with E-state index in [9.17, 15) is 22.4 Å². The third-order valence-electron chi connectivity index (χ3n) is 8.23. The second kappa shape index (κ2) is 14.3. The van der Waals surface area contributed by atoms with E-state index in [1.165, 1.54) is 23.2 Å². The van der Waals surface area contributed by atoms with Gasteiger partial charge in [0.15, 0.2) is 0 Å². The van der Waals surface area contributed by atoms with E-state index in [0.29, 0.717) is 41.2 Å². The van der Waals surface area contributed by atoms with E-state index < -0.39 is 18.5 Å². The normalized spacial score (nSPS) is 15.6. The van der Waals surface area contributed by atoms with Crippen LogP contribution in [0.15, 0.2) is 79.0 Å². The molecule has 1 aliphatic carbocycles. The quantitative estimate of drug-likeness (QED) is 0.103. The summed E-state index contributed by atoms with van der Waals surface area (Å²) in [5.74, 6) is -0.490. The first-order chi connectivity index (χ1) is 22.0. The lowest BCUT2D eigenvalue weighted by molar-refractivity contribution is -0.124.